The molecule has 0 fully saturated rings. The predicted molar refractivity (Wildman–Crippen MR) is 94.3 cm³/mol. The van der Waals surface area contributed by atoms with Gasteiger partial charge in [0.2, 0.25) is 5.91 Å². The van der Waals surface area contributed by atoms with Crippen LogP contribution in [0, 0.1) is 5.82 Å². The number of nitrogens with one attached hydrogen (secondary N) is 2. The van der Waals surface area contributed by atoms with Gasteiger partial charge in [-0.2, -0.15) is 0 Å². The number of hydrogen-bond acceptors (Lipinski definition) is 2. The summed E-state index contributed by atoms with van der Waals surface area (Å²) in [7, 11) is 0. The van der Waals surface area contributed by atoms with E-state index in [2.05, 4.69) is 26.6 Å². The van der Waals surface area contributed by atoms with Crippen molar-refractivity contribution in [1.29, 1.82) is 0 Å². The molecule has 0 radical (unpaired) electrons. The number of carbonyl (C=O) groups is 2. The Balaban J connectivity index is 1.76. The minimum Gasteiger partial charge on any atom is -0.352 e. The van der Waals surface area contributed by atoms with Crippen LogP contribution in [0.1, 0.15) is 22.3 Å². The van der Waals surface area contributed by atoms with Crippen molar-refractivity contribution in [3.8, 4) is 0 Å². The molecule has 2 aromatic carbocycles. The van der Waals surface area contributed by atoms with E-state index >= 15 is 0 Å². The molecule has 0 spiro atoms. The highest BCUT2D eigenvalue weighted by Gasteiger charge is 2.11. The molecule has 4 nitrogen and oxygen atoms in total. The molecule has 0 heterocycles. The van der Waals surface area contributed by atoms with E-state index in [1.807, 2.05) is 6.07 Å². The molecule has 7 heteroatoms. The van der Waals surface area contributed by atoms with Crippen LogP contribution in [0.3, 0.4) is 0 Å². The lowest BCUT2D eigenvalue weighted by Crippen LogP contribution is -2.30. The number of rotatable bonds is 6. The Kier molecular flexibility index (Phi) is 6.75. The standard InChI is InChI=1S/C17H15BrClFN2O2/c18-15-5-4-13(20)9-14(15)17(24)21-7-6-16(23)22-10-11-2-1-3-12(19)8-11/h1-5,8-9H,6-7,10H2,(H,21,24)(H,22,23). The number of benzene rings is 2. The van der Waals surface area contributed by atoms with Gasteiger partial charge < -0.3 is 10.6 Å². The highest BCUT2D eigenvalue weighted by Crippen LogP contribution is 2.17. The average molecular weight is 414 g/mol. The molecular weight excluding hydrogens is 399 g/mol. The van der Waals surface area contributed by atoms with Crippen molar-refractivity contribution in [2.75, 3.05) is 6.54 Å². The second kappa shape index (κ2) is 8.80. The lowest BCUT2D eigenvalue weighted by atomic mass is 10.2. The summed E-state index contributed by atoms with van der Waals surface area (Å²) in [5.74, 6) is -1.14. The maximum Gasteiger partial charge on any atom is 0.252 e. The smallest absolute Gasteiger partial charge is 0.252 e. The van der Waals surface area contributed by atoms with Crippen LogP contribution in [0.2, 0.25) is 5.02 Å². The third-order valence-corrected chi connectivity index (χ3v) is 4.12. The van der Waals surface area contributed by atoms with Gasteiger partial charge in [-0.3, -0.25) is 9.59 Å². The van der Waals surface area contributed by atoms with E-state index < -0.39 is 11.7 Å². The number of hydrogen-bond donors (Lipinski definition) is 2. The Morgan fingerprint density at radius 1 is 1.12 bits per heavy atom. The van der Waals surface area contributed by atoms with Gasteiger partial charge in [-0.15, -0.1) is 0 Å². The van der Waals surface area contributed by atoms with Crippen molar-refractivity contribution < 1.29 is 14.0 Å². The van der Waals surface area contributed by atoms with Gasteiger partial charge in [0.15, 0.2) is 0 Å². The van der Waals surface area contributed by atoms with Crippen LogP contribution in [0.4, 0.5) is 4.39 Å². The zero-order valence-electron chi connectivity index (χ0n) is 12.6. The predicted octanol–water partition coefficient (Wildman–Crippen LogP) is 3.68. The summed E-state index contributed by atoms with van der Waals surface area (Å²) >= 11 is 9.06. The SMILES string of the molecule is O=C(CCNC(=O)c1cc(F)ccc1Br)NCc1cccc(Cl)c1. The van der Waals surface area contributed by atoms with Gasteiger partial charge >= 0.3 is 0 Å². The van der Waals surface area contributed by atoms with Gasteiger partial charge in [0.1, 0.15) is 5.82 Å². The Labute approximate surface area is 152 Å². The number of carbonyl (C=O) groups excluding carboxylic acids is 2. The first-order valence-electron chi connectivity index (χ1n) is 7.20. The minimum absolute atomic E-state index is 0.124. The normalized spacial score (nSPS) is 10.3. The molecule has 126 valence electrons. The second-order valence-corrected chi connectivity index (χ2v) is 6.33. The van der Waals surface area contributed by atoms with Crippen molar-refractivity contribution >= 4 is 39.3 Å². The molecule has 0 saturated carbocycles. The third-order valence-electron chi connectivity index (χ3n) is 3.19. The van der Waals surface area contributed by atoms with Gasteiger partial charge in [0.05, 0.1) is 5.56 Å². The zero-order valence-corrected chi connectivity index (χ0v) is 15.0. The number of amides is 2. The molecule has 0 saturated heterocycles. The molecule has 2 aromatic rings. The topological polar surface area (TPSA) is 58.2 Å². The van der Waals surface area contributed by atoms with Gasteiger partial charge in [0.25, 0.3) is 5.91 Å². The molecule has 0 aromatic heterocycles. The highest BCUT2D eigenvalue weighted by molar-refractivity contribution is 9.10. The first kappa shape index (κ1) is 18.4. The summed E-state index contributed by atoms with van der Waals surface area (Å²) in [4.78, 5) is 23.7. The van der Waals surface area contributed by atoms with Crippen molar-refractivity contribution in [3.63, 3.8) is 0 Å². The minimum atomic E-state index is -0.498. The largest absolute Gasteiger partial charge is 0.352 e. The van der Waals surface area contributed by atoms with Crippen LogP contribution in [0.25, 0.3) is 0 Å². The second-order valence-electron chi connectivity index (χ2n) is 5.04. The van der Waals surface area contributed by atoms with Crippen LogP contribution in [-0.4, -0.2) is 18.4 Å². The Hall–Kier alpha value is -1.92. The van der Waals surface area contributed by atoms with E-state index in [1.165, 1.54) is 12.1 Å². The van der Waals surface area contributed by atoms with Crippen LogP contribution in [0.15, 0.2) is 46.9 Å². The molecule has 2 N–H and O–H groups in total. The maximum atomic E-state index is 13.2. The van der Waals surface area contributed by atoms with Crippen molar-refractivity contribution in [2.24, 2.45) is 0 Å². The molecule has 2 rings (SSSR count). The maximum absolute atomic E-state index is 13.2. The van der Waals surface area contributed by atoms with Crippen molar-refractivity contribution in [2.45, 2.75) is 13.0 Å². The monoisotopic (exact) mass is 412 g/mol. The summed E-state index contributed by atoms with van der Waals surface area (Å²) in [6, 6.07) is 11.0. The molecule has 2 amide bonds. The quantitative estimate of drug-likeness (QED) is 0.759. The van der Waals surface area contributed by atoms with Gasteiger partial charge in [-0.25, -0.2) is 4.39 Å². The van der Waals surface area contributed by atoms with E-state index in [-0.39, 0.29) is 24.4 Å². The first-order valence-corrected chi connectivity index (χ1v) is 8.37. The molecule has 0 atom stereocenters. The first-order chi connectivity index (χ1) is 11.5. The van der Waals surface area contributed by atoms with Gasteiger partial charge in [-0.05, 0) is 51.8 Å². The Morgan fingerprint density at radius 3 is 2.67 bits per heavy atom. The van der Waals surface area contributed by atoms with Crippen LogP contribution in [0.5, 0.6) is 0 Å². The Bertz CT molecular complexity index is 755. The van der Waals surface area contributed by atoms with Crippen LogP contribution < -0.4 is 10.6 Å². The zero-order chi connectivity index (χ0) is 17.5. The Morgan fingerprint density at radius 2 is 1.92 bits per heavy atom. The fourth-order valence-corrected chi connectivity index (χ4v) is 2.63. The van der Waals surface area contributed by atoms with Crippen LogP contribution in [-0.2, 0) is 11.3 Å². The fraction of sp³-hybridized carbons (Fsp3) is 0.176. The van der Waals surface area contributed by atoms with E-state index in [9.17, 15) is 14.0 Å². The molecule has 0 aliphatic rings. The van der Waals surface area contributed by atoms with E-state index in [0.29, 0.717) is 16.0 Å². The molecule has 24 heavy (non-hydrogen) atoms. The van der Waals surface area contributed by atoms with Gasteiger partial charge in [0, 0.05) is 29.0 Å². The summed E-state index contributed by atoms with van der Waals surface area (Å²) in [6.07, 6.45) is 0.124. The van der Waals surface area contributed by atoms with E-state index in [0.717, 1.165) is 11.6 Å². The van der Waals surface area contributed by atoms with Crippen molar-refractivity contribution in [1.82, 2.24) is 10.6 Å². The highest BCUT2D eigenvalue weighted by atomic mass is 79.9. The lowest BCUT2D eigenvalue weighted by molar-refractivity contribution is -0.121. The molecule has 0 unspecified atom stereocenters. The molecule has 0 bridgehead atoms. The fourth-order valence-electron chi connectivity index (χ4n) is 1.99. The van der Waals surface area contributed by atoms with E-state index in [1.54, 1.807) is 18.2 Å². The third kappa shape index (κ3) is 5.62. The lowest BCUT2D eigenvalue weighted by Gasteiger charge is -2.08. The van der Waals surface area contributed by atoms with Crippen LogP contribution >= 0.6 is 27.5 Å². The summed E-state index contributed by atoms with van der Waals surface area (Å²) in [5.41, 5.74) is 1.08. The van der Waals surface area contributed by atoms with Crippen molar-refractivity contribution in [3.05, 3.63) is 68.9 Å². The summed E-state index contributed by atoms with van der Waals surface area (Å²) in [5, 5.41) is 5.94. The number of halogens is 3. The summed E-state index contributed by atoms with van der Waals surface area (Å²) < 4.78 is 13.7. The average Bonchev–Trinajstić information content (AvgIpc) is 2.55. The van der Waals surface area contributed by atoms with Gasteiger partial charge in [-0.1, -0.05) is 23.7 Å². The molecular formula is C17H15BrClFN2O2. The van der Waals surface area contributed by atoms with E-state index in [4.69, 9.17) is 11.6 Å². The summed E-state index contributed by atoms with van der Waals surface area (Å²) in [6.45, 7) is 0.520. The molecule has 0 aliphatic carbocycles. The molecule has 0 aliphatic heterocycles.